The summed E-state index contributed by atoms with van der Waals surface area (Å²) in [6.45, 7) is 5.76. The van der Waals surface area contributed by atoms with Gasteiger partial charge in [0.25, 0.3) is 0 Å². The number of benzene rings is 1. The van der Waals surface area contributed by atoms with Crippen LogP contribution in [0.4, 0.5) is 8.78 Å². The summed E-state index contributed by atoms with van der Waals surface area (Å²) in [5.74, 6) is -1.72. The van der Waals surface area contributed by atoms with Gasteiger partial charge in [0.1, 0.15) is 6.29 Å². The molecule has 0 saturated heterocycles. The summed E-state index contributed by atoms with van der Waals surface area (Å²) in [6, 6.07) is 1.93. The summed E-state index contributed by atoms with van der Waals surface area (Å²) in [5.41, 5.74) is -0.0381. The van der Waals surface area contributed by atoms with E-state index in [0.29, 0.717) is 18.6 Å². The Balaban J connectivity index is 2.87. The molecule has 0 amide bonds. The molecule has 1 atom stereocenters. The number of hydrogen-bond acceptors (Lipinski definition) is 2. The first-order valence-electron chi connectivity index (χ1n) is 5.55. The molecule has 0 aliphatic carbocycles. The molecule has 0 aliphatic heterocycles. The highest BCUT2D eigenvalue weighted by atomic mass is 19.1. The Kier molecular flexibility index (Phi) is 4.61. The number of halogens is 2. The monoisotopic (exact) mass is 242 g/mol. The normalized spacial score (nSPS) is 12.6. The lowest BCUT2D eigenvalue weighted by atomic mass is 10.1. The third-order valence-electron chi connectivity index (χ3n) is 2.28. The van der Waals surface area contributed by atoms with Crippen LogP contribution in [-0.4, -0.2) is 12.4 Å². The minimum Gasteiger partial charge on any atom is -0.485 e. The molecule has 94 valence electrons. The molecule has 1 rings (SSSR count). The lowest BCUT2D eigenvalue weighted by molar-refractivity contribution is 0.112. The number of ether oxygens (including phenoxy) is 1. The van der Waals surface area contributed by atoms with Gasteiger partial charge in [-0.25, -0.2) is 8.78 Å². The molecule has 1 aromatic rings. The molecule has 0 aromatic heterocycles. The third-order valence-corrected chi connectivity index (χ3v) is 2.28. The number of rotatable bonds is 5. The lowest BCUT2D eigenvalue weighted by Crippen LogP contribution is -2.16. The Morgan fingerprint density at radius 2 is 1.76 bits per heavy atom. The van der Waals surface area contributed by atoms with Crippen molar-refractivity contribution in [2.75, 3.05) is 0 Å². The van der Waals surface area contributed by atoms with Crippen molar-refractivity contribution in [1.29, 1.82) is 0 Å². The highest BCUT2D eigenvalue weighted by molar-refractivity contribution is 5.75. The number of carbonyl (C=O) groups is 1. The van der Waals surface area contributed by atoms with E-state index in [-0.39, 0.29) is 11.7 Å². The maximum absolute atomic E-state index is 13.5. The average molecular weight is 242 g/mol. The third kappa shape index (κ3) is 3.80. The molecule has 2 nitrogen and oxygen atoms in total. The zero-order valence-corrected chi connectivity index (χ0v) is 10.2. The molecular weight excluding hydrogens is 226 g/mol. The highest BCUT2D eigenvalue weighted by Crippen LogP contribution is 2.25. The highest BCUT2D eigenvalue weighted by Gasteiger charge is 2.16. The Bertz CT molecular complexity index is 379. The fourth-order valence-corrected chi connectivity index (χ4v) is 1.67. The quantitative estimate of drug-likeness (QED) is 0.737. The smallest absolute Gasteiger partial charge is 0.191 e. The van der Waals surface area contributed by atoms with Crippen molar-refractivity contribution in [1.82, 2.24) is 0 Å². The van der Waals surface area contributed by atoms with E-state index in [9.17, 15) is 13.6 Å². The van der Waals surface area contributed by atoms with Crippen LogP contribution in [0.15, 0.2) is 12.1 Å². The van der Waals surface area contributed by atoms with Gasteiger partial charge in [0.2, 0.25) is 0 Å². The van der Waals surface area contributed by atoms with Crippen LogP contribution in [0.5, 0.6) is 5.75 Å². The van der Waals surface area contributed by atoms with Gasteiger partial charge in [-0.1, -0.05) is 13.8 Å². The standard InChI is InChI=1S/C13H16F2O2/c1-8(2)4-9(3)17-13-11(14)5-10(7-16)6-12(13)15/h5-9H,4H2,1-3H3. The van der Waals surface area contributed by atoms with E-state index >= 15 is 0 Å². The van der Waals surface area contributed by atoms with Crippen LogP contribution in [0, 0.1) is 17.6 Å². The van der Waals surface area contributed by atoms with Crippen molar-refractivity contribution in [2.24, 2.45) is 5.92 Å². The molecule has 0 fully saturated rings. The van der Waals surface area contributed by atoms with Crippen molar-refractivity contribution in [3.8, 4) is 5.75 Å². The number of aldehydes is 1. The Morgan fingerprint density at radius 1 is 1.24 bits per heavy atom. The van der Waals surface area contributed by atoms with E-state index in [2.05, 4.69) is 0 Å². The second-order valence-electron chi connectivity index (χ2n) is 4.49. The Morgan fingerprint density at radius 3 is 2.18 bits per heavy atom. The number of hydrogen-bond donors (Lipinski definition) is 0. The average Bonchev–Trinajstić information content (AvgIpc) is 2.22. The molecule has 17 heavy (non-hydrogen) atoms. The van der Waals surface area contributed by atoms with Gasteiger partial charge in [-0.2, -0.15) is 0 Å². The summed E-state index contributed by atoms with van der Waals surface area (Å²) in [7, 11) is 0. The van der Waals surface area contributed by atoms with E-state index in [1.807, 2.05) is 13.8 Å². The molecule has 0 saturated carbocycles. The summed E-state index contributed by atoms with van der Waals surface area (Å²) in [6.07, 6.45) is 0.822. The summed E-state index contributed by atoms with van der Waals surface area (Å²) in [5, 5.41) is 0. The molecule has 0 heterocycles. The van der Waals surface area contributed by atoms with E-state index in [1.165, 1.54) is 0 Å². The molecule has 1 unspecified atom stereocenters. The fourth-order valence-electron chi connectivity index (χ4n) is 1.67. The van der Waals surface area contributed by atoms with Crippen LogP contribution in [-0.2, 0) is 0 Å². The van der Waals surface area contributed by atoms with Crippen LogP contribution in [0.1, 0.15) is 37.6 Å². The summed E-state index contributed by atoms with van der Waals surface area (Å²) < 4.78 is 32.2. The van der Waals surface area contributed by atoms with Gasteiger partial charge in [-0.05, 0) is 31.4 Å². The fraction of sp³-hybridized carbons (Fsp3) is 0.462. The van der Waals surface area contributed by atoms with Gasteiger partial charge < -0.3 is 4.74 Å². The second kappa shape index (κ2) is 5.75. The molecule has 0 N–H and O–H groups in total. The van der Waals surface area contributed by atoms with Crippen molar-refractivity contribution in [3.05, 3.63) is 29.3 Å². The van der Waals surface area contributed by atoms with Gasteiger partial charge >= 0.3 is 0 Å². The molecule has 0 spiro atoms. The topological polar surface area (TPSA) is 26.3 Å². The van der Waals surface area contributed by atoms with Gasteiger partial charge in [-0.3, -0.25) is 4.79 Å². The molecular formula is C13H16F2O2. The van der Waals surface area contributed by atoms with Gasteiger partial charge in [0.05, 0.1) is 6.10 Å². The van der Waals surface area contributed by atoms with E-state index < -0.39 is 17.4 Å². The second-order valence-corrected chi connectivity index (χ2v) is 4.49. The van der Waals surface area contributed by atoms with Crippen molar-refractivity contribution >= 4 is 6.29 Å². The van der Waals surface area contributed by atoms with Gasteiger partial charge in [-0.15, -0.1) is 0 Å². The molecule has 4 heteroatoms. The molecule has 0 bridgehead atoms. The Labute approximate surface area is 99.6 Å². The van der Waals surface area contributed by atoms with Crippen LogP contribution >= 0.6 is 0 Å². The first-order valence-corrected chi connectivity index (χ1v) is 5.55. The predicted octanol–water partition coefficient (Wildman–Crippen LogP) is 3.59. The minimum absolute atomic E-state index is 0.0381. The maximum Gasteiger partial charge on any atom is 0.191 e. The SMILES string of the molecule is CC(C)CC(C)Oc1c(F)cc(C=O)cc1F. The molecule has 1 aromatic carbocycles. The van der Waals surface area contributed by atoms with E-state index in [4.69, 9.17) is 4.74 Å². The molecule has 0 radical (unpaired) electrons. The first-order chi connectivity index (χ1) is 7.93. The van der Waals surface area contributed by atoms with E-state index in [0.717, 1.165) is 12.1 Å². The van der Waals surface area contributed by atoms with Gasteiger partial charge in [0, 0.05) is 5.56 Å². The molecule has 0 aliphatic rings. The van der Waals surface area contributed by atoms with Crippen LogP contribution in [0.2, 0.25) is 0 Å². The zero-order chi connectivity index (χ0) is 13.0. The zero-order valence-electron chi connectivity index (χ0n) is 10.2. The summed E-state index contributed by atoms with van der Waals surface area (Å²) in [4.78, 5) is 10.4. The van der Waals surface area contributed by atoms with Gasteiger partial charge in [0.15, 0.2) is 17.4 Å². The number of carbonyl (C=O) groups excluding carboxylic acids is 1. The minimum atomic E-state index is -0.845. The van der Waals surface area contributed by atoms with Crippen LogP contribution < -0.4 is 4.74 Å². The predicted molar refractivity (Wildman–Crippen MR) is 61.3 cm³/mol. The Hall–Kier alpha value is -1.45. The maximum atomic E-state index is 13.5. The van der Waals surface area contributed by atoms with Crippen molar-refractivity contribution < 1.29 is 18.3 Å². The summed E-state index contributed by atoms with van der Waals surface area (Å²) >= 11 is 0. The van der Waals surface area contributed by atoms with E-state index in [1.54, 1.807) is 6.92 Å². The first kappa shape index (κ1) is 13.6. The van der Waals surface area contributed by atoms with Crippen molar-refractivity contribution in [2.45, 2.75) is 33.3 Å². The van der Waals surface area contributed by atoms with Crippen LogP contribution in [0.3, 0.4) is 0 Å². The lowest BCUT2D eigenvalue weighted by Gasteiger charge is -2.17. The van der Waals surface area contributed by atoms with Crippen molar-refractivity contribution in [3.63, 3.8) is 0 Å². The van der Waals surface area contributed by atoms with Crippen LogP contribution in [0.25, 0.3) is 0 Å². The largest absolute Gasteiger partial charge is 0.485 e.